The summed E-state index contributed by atoms with van der Waals surface area (Å²) in [5.74, 6) is 0.477. The highest BCUT2D eigenvalue weighted by atomic mass is 27.0. The molecule has 8 rings (SSSR count). The molecule has 0 aliphatic carbocycles. The van der Waals surface area contributed by atoms with Gasteiger partial charge in [-0.25, -0.2) is 0 Å². The third-order valence-electron chi connectivity index (χ3n) is 12.4. The van der Waals surface area contributed by atoms with Crippen LogP contribution < -0.4 is 50.3 Å². The molecule has 6 heterocycles. The summed E-state index contributed by atoms with van der Waals surface area (Å²) in [7, 11) is 4.03. The van der Waals surface area contributed by atoms with Gasteiger partial charge in [-0.3, -0.25) is 29.8 Å². The summed E-state index contributed by atoms with van der Waals surface area (Å²) >= 11 is 3.02. The van der Waals surface area contributed by atoms with Crippen LogP contribution in [-0.2, 0) is 25.6 Å². The third kappa shape index (κ3) is 7.48. The van der Waals surface area contributed by atoms with Gasteiger partial charge in [0, 0.05) is 62.1 Å². The van der Waals surface area contributed by atoms with Crippen molar-refractivity contribution in [3.05, 3.63) is 35.9 Å². The van der Waals surface area contributed by atoms with E-state index in [9.17, 15) is 19.2 Å². The molecular formula is C40H53AlN8O6. The highest BCUT2D eigenvalue weighted by Crippen LogP contribution is 2.50. The number of para-hydroxylation sites is 1. The van der Waals surface area contributed by atoms with E-state index in [4.69, 9.17) is 9.47 Å². The maximum Gasteiger partial charge on any atom is 0.249 e. The first kappa shape index (κ1) is 37.9. The normalized spacial score (nSPS) is 27.9. The molecule has 4 fully saturated rings. The highest BCUT2D eigenvalue weighted by molar-refractivity contribution is 6.16. The Morgan fingerprint density at radius 2 is 1.31 bits per heavy atom. The number of carbonyl (C=O) groups excluding carboxylic acids is 4. The molecule has 4 amide bonds. The van der Waals surface area contributed by atoms with Crippen LogP contribution in [0.5, 0.6) is 11.5 Å². The van der Waals surface area contributed by atoms with Crippen molar-refractivity contribution in [1.29, 1.82) is 0 Å². The Bertz CT molecular complexity index is 1830. The number of ether oxygens (including phenoxy) is 2. The van der Waals surface area contributed by atoms with Gasteiger partial charge in [0.1, 0.15) is 18.2 Å². The number of hydrogen-bond donors (Lipinski definition) is 4. The Hall–Kier alpha value is -4.03. The van der Waals surface area contributed by atoms with Crippen LogP contribution in [0.3, 0.4) is 0 Å². The zero-order valence-electron chi connectivity index (χ0n) is 32.2. The Morgan fingerprint density at radius 3 is 1.91 bits per heavy atom. The van der Waals surface area contributed by atoms with E-state index in [1.807, 2.05) is 33.2 Å². The van der Waals surface area contributed by atoms with Crippen molar-refractivity contribution in [2.24, 2.45) is 0 Å². The van der Waals surface area contributed by atoms with Gasteiger partial charge in [-0.2, -0.15) is 0 Å². The number of nitrogens with zero attached hydrogens (tertiary/aromatic N) is 4. The Kier molecular flexibility index (Phi) is 10.7. The van der Waals surface area contributed by atoms with Crippen LogP contribution >= 0.6 is 0 Å². The van der Waals surface area contributed by atoms with Gasteiger partial charge >= 0.3 is 0 Å². The van der Waals surface area contributed by atoms with E-state index < -0.39 is 16.5 Å². The lowest BCUT2D eigenvalue weighted by molar-refractivity contribution is -0.135. The minimum absolute atomic E-state index is 0.192. The van der Waals surface area contributed by atoms with Crippen LogP contribution in [0.25, 0.3) is 0 Å². The molecule has 2 unspecified atom stereocenters. The molecule has 0 aromatic heterocycles. The summed E-state index contributed by atoms with van der Waals surface area (Å²) in [6.07, 6.45) is 5.72. The van der Waals surface area contributed by atoms with Crippen molar-refractivity contribution in [1.82, 2.24) is 21.3 Å². The predicted octanol–water partition coefficient (Wildman–Crippen LogP) is 1.57. The molecule has 292 valence electrons. The van der Waals surface area contributed by atoms with E-state index in [1.165, 1.54) is 0 Å². The van der Waals surface area contributed by atoms with E-state index >= 15 is 0 Å². The van der Waals surface area contributed by atoms with Gasteiger partial charge in [0.15, 0.2) is 11.5 Å². The number of imide groups is 2. The summed E-state index contributed by atoms with van der Waals surface area (Å²) in [4.78, 5) is 60.2. The number of benzene rings is 2. The first-order valence-electron chi connectivity index (χ1n) is 20.0. The number of piperidine rings is 4. The number of carbonyl (C=O) groups is 4. The Labute approximate surface area is 331 Å². The smallest absolute Gasteiger partial charge is 0.249 e. The monoisotopic (exact) mass is 768 g/mol. The third-order valence-corrected chi connectivity index (χ3v) is 12.9. The van der Waals surface area contributed by atoms with Crippen LogP contribution in [-0.4, -0.2) is 128 Å². The quantitative estimate of drug-likeness (QED) is 0.229. The van der Waals surface area contributed by atoms with Crippen LogP contribution in [0, 0.1) is 0 Å². The maximum atomic E-state index is 13.5. The minimum atomic E-state index is -0.857. The first-order chi connectivity index (χ1) is 26.5. The topological polar surface area (TPSA) is 148 Å². The van der Waals surface area contributed by atoms with Gasteiger partial charge in [0.25, 0.3) is 0 Å². The van der Waals surface area contributed by atoms with E-state index in [2.05, 4.69) is 75.4 Å². The van der Waals surface area contributed by atoms with Crippen molar-refractivity contribution in [3.63, 3.8) is 0 Å². The van der Waals surface area contributed by atoms with Crippen molar-refractivity contribution >= 4 is 62.7 Å². The molecule has 0 bridgehead atoms. The van der Waals surface area contributed by atoms with Crippen molar-refractivity contribution in [2.45, 2.75) is 99.4 Å². The average Bonchev–Trinajstić information content (AvgIpc) is 3.17. The molecule has 0 saturated carbocycles. The molecule has 15 heteroatoms. The largest absolute Gasteiger partial charge is 0.499 e. The SMILES string of the molecule is CNC1CCN(c2cccc3c2O[C@@]([Al])(Cc2ccc4c(c2N2CCC(NC)CC2)O[C@@H](C)CN4C2CCC(=O)NC2=O)CN3C2CCC(=O)NC2=O)CC1. The Balaban J connectivity index is 1.19. The summed E-state index contributed by atoms with van der Waals surface area (Å²) in [5.41, 5.74) is 4.77. The van der Waals surface area contributed by atoms with E-state index in [0.29, 0.717) is 50.9 Å². The second-order valence-electron chi connectivity index (χ2n) is 16.1. The fourth-order valence-electron chi connectivity index (χ4n) is 9.50. The van der Waals surface area contributed by atoms with E-state index in [1.54, 1.807) is 0 Å². The number of rotatable bonds is 8. The van der Waals surface area contributed by atoms with Gasteiger partial charge < -0.3 is 39.7 Å². The number of anilines is 4. The summed E-state index contributed by atoms with van der Waals surface area (Å²) < 4.78 is 13.1. The zero-order chi connectivity index (χ0) is 38.4. The van der Waals surface area contributed by atoms with Gasteiger partial charge in [0.05, 0.1) is 29.3 Å². The Morgan fingerprint density at radius 1 is 0.745 bits per heavy atom. The average molecular weight is 769 g/mol. The van der Waals surface area contributed by atoms with E-state index in [-0.39, 0.29) is 36.2 Å². The first-order valence-corrected chi connectivity index (χ1v) is 20.6. The molecule has 4 atom stereocenters. The fraction of sp³-hybridized carbons (Fsp3) is 0.600. The van der Waals surface area contributed by atoms with Gasteiger partial charge in [0.2, 0.25) is 39.9 Å². The summed E-state index contributed by atoms with van der Waals surface area (Å²) in [6.45, 7) is 6.38. The predicted molar refractivity (Wildman–Crippen MR) is 211 cm³/mol. The van der Waals surface area contributed by atoms with Crippen molar-refractivity contribution < 1.29 is 28.7 Å². The molecular weight excluding hydrogens is 715 g/mol. The van der Waals surface area contributed by atoms with Crippen LogP contribution in [0.15, 0.2) is 30.3 Å². The summed E-state index contributed by atoms with van der Waals surface area (Å²) in [5, 5.41) is 12.0. The number of hydrogen-bond acceptors (Lipinski definition) is 12. The van der Waals surface area contributed by atoms with Crippen LogP contribution in [0.4, 0.5) is 22.7 Å². The molecule has 2 radical (unpaired) electrons. The molecule has 4 N–H and O–H groups in total. The molecule has 2 aromatic carbocycles. The molecule has 55 heavy (non-hydrogen) atoms. The number of amides is 4. The molecule has 14 nitrogen and oxygen atoms in total. The van der Waals surface area contributed by atoms with Crippen LogP contribution in [0.1, 0.15) is 63.9 Å². The molecule has 6 aliphatic heterocycles. The lowest BCUT2D eigenvalue weighted by Crippen LogP contribution is -2.61. The molecule has 4 saturated heterocycles. The van der Waals surface area contributed by atoms with Crippen molar-refractivity contribution in [3.8, 4) is 11.5 Å². The fourth-order valence-corrected chi connectivity index (χ4v) is 10.0. The van der Waals surface area contributed by atoms with Crippen LogP contribution in [0.2, 0.25) is 0 Å². The standard InChI is InChI=1S/C40H53N8O6.Al/c1-24-22-47(32-9-11-34(49)43-39(32)51)31-8-7-25(36(38(31)53-24)46-19-15-27(42-3)16-20-46)21-28-23-48(33-10-12-35(50)44-40(33)52)30-6-4-5-29(37(30)54-28)45-17-13-26(41-2)14-18-45;/h4-8,24,26-27,32-33,41-42H,9-23H2,1-3H3,(H,43,49,51)(H,44,50,52);/t24-,32?,33?;/m0./s1. The minimum Gasteiger partial charge on any atom is -0.499 e. The maximum absolute atomic E-state index is 13.5. The molecule has 6 aliphatic rings. The molecule has 2 aromatic rings. The van der Waals surface area contributed by atoms with Gasteiger partial charge in [-0.05, 0) is 89.7 Å². The molecule has 0 spiro atoms. The zero-order valence-corrected chi connectivity index (χ0v) is 33.4. The lowest BCUT2D eigenvalue weighted by atomic mass is 9.94. The number of nitrogens with one attached hydrogen (secondary N) is 4. The van der Waals surface area contributed by atoms with E-state index in [0.717, 1.165) is 91.7 Å². The van der Waals surface area contributed by atoms with Crippen molar-refractivity contribution in [2.75, 3.05) is 73.0 Å². The lowest BCUT2D eigenvalue weighted by Gasteiger charge is -2.49. The highest BCUT2D eigenvalue weighted by Gasteiger charge is 2.44. The number of fused-ring (bicyclic) bond motifs is 2. The summed E-state index contributed by atoms with van der Waals surface area (Å²) in [6, 6.07) is 10.3. The van der Waals surface area contributed by atoms with Gasteiger partial charge in [-0.15, -0.1) is 0 Å². The second kappa shape index (κ2) is 15.5. The van der Waals surface area contributed by atoms with Gasteiger partial charge in [-0.1, -0.05) is 12.1 Å². The second-order valence-corrected chi connectivity index (χ2v) is 17.2.